The molecule has 1 aliphatic rings. The van der Waals surface area contributed by atoms with Crippen molar-refractivity contribution in [3.63, 3.8) is 0 Å². The van der Waals surface area contributed by atoms with Gasteiger partial charge in [-0.2, -0.15) is 4.98 Å². The average Bonchev–Trinajstić information content (AvgIpc) is 3.07. The van der Waals surface area contributed by atoms with Gasteiger partial charge in [-0.25, -0.2) is 0 Å². The van der Waals surface area contributed by atoms with E-state index in [0.717, 1.165) is 24.2 Å². The van der Waals surface area contributed by atoms with Crippen molar-refractivity contribution in [1.82, 2.24) is 10.1 Å². The number of carbonyl (C=O) groups is 1. The maximum Gasteiger partial charge on any atom is 0.257 e. The molecule has 0 radical (unpaired) electrons. The number of anilines is 1. The maximum absolute atomic E-state index is 11.6. The molecular weight excluding hydrogens is 266 g/mol. The third kappa shape index (κ3) is 2.33. The van der Waals surface area contributed by atoms with Gasteiger partial charge >= 0.3 is 0 Å². The topological polar surface area (TPSA) is 59.2 Å². The number of halogens is 1. The second-order valence-corrected chi connectivity index (χ2v) is 4.61. The molecule has 2 heterocycles. The van der Waals surface area contributed by atoms with E-state index in [1.54, 1.807) is 4.90 Å². The standard InChI is InChI=1S/C13H12ClN3O2/c14-8-11-15-13(19-16-11)9-3-5-10(6-4-9)17-7-1-2-12(17)18/h3-6H,1-2,7-8H2. The van der Waals surface area contributed by atoms with Crippen molar-refractivity contribution in [2.45, 2.75) is 18.7 Å². The molecule has 0 N–H and O–H groups in total. The lowest BCUT2D eigenvalue weighted by Gasteiger charge is -2.15. The molecule has 3 rings (SSSR count). The fourth-order valence-electron chi connectivity index (χ4n) is 2.13. The highest BCUT2D eigenvalue weighted by Crippen LogP contribution is 2.25. The third-order valence-corrected chi connectivity index (χ3v) is 3.33. The zero-order chi connectivity index (χ0) is 13.2. The number of alkyl halides is 1. The number of nitrogens with zero attached hydrogens (tertiary/aromatic N) is 3. The Balaban J connectivity index is 1.84. The minimum Gasteiger partial charge on any atom is -0.334 e. The molecule has 1 aliphatic heterocycles. The van der Waals surface area contributed by atoms with E-state index in [4.69, 9.17) is 16.1 Å². The van der Waals surface area contributed by atoms with Crippen molar-refractivity contribution in [3.8, 4) is 11.5 Å². The molecule has 0 aliphatic carbocycles. The summed E-state index contributed by atoms with van der Waals surface area (Å²) in [7, 11) is 0. The zero-order valence-electron chi connectivity index (χ0n) is 10.2. The molecule has 0 spiro atoms. The van der Waals surface area contributed by atoms with Gasteiger partial charge in [-0.15, -0.1) is 11.6 Å². The molecule has 1 fully saturated rings. The van der Waals surface area contributed by atoms with Crippen LogP contribution in [0.2, 0.25) is 0 Å². The fraction of sp³-hybridized carbons (Fsp3) is 0.308. The molecular formula is C13H12ClN3O2. The summed E-state index contributed by atoms with van der Waals surface area (Å²) in [5.41, 5.74) is 1.72. The number of rotatable bonds is 3. The SMILES string of the molecule is O=C1CCCN1c1ccc(-c2nc(CCl)no2)cc1. The van der Waals surface area contributed by atoms with Crippen molar-refractivity contribution >= 4 is 23.2 Å². The largest absolute Gasteiger partial charge is 0.334 e. The summed E-state index contributed by atoms with van der Waals surface area (Å²) in [6, 6.07) is 7.52. The lowest BCUT2D eigenvalue weighted by Crippen LogP contribution is -2.23. The van der Waals surface area contributed by atoms with E-state index < -0.39 is 0 Å². The summed E-state index contributed by atoms with van der Waals surface area (Å²) >= 11 is 5.63. The highest BCUT2D eigenvalue weighted by Gasteiger charge is 2.21. The highest BCUT2D eigenvalue weighted by molar-refractivity contribution is 6.16. The Labute approximate surface area is 115 Å². The Kier molecular flexibility index (Phi) is 3.21. The molecule has 0 unspecified atom stereocenters. The number of carbonyl (C=O) groups excluding carboxylic acids is 1. The van der Waals surface area contributed by atoms with Crippen LogP contribution in [0, 0.1) is 0 Å². The molecule has 0 bridgehead atoms. The van der Waals surface area contributed by atoms with E-state index in [1.165, 1.54) is 0 Å². The van der Waals surface area contributed by atoms with Gasteiger partial charge in [0.25, 0.3) is 5.89 Å². The van der Waals surface area contributed by atoms with Crippen molar-refractivity contribution in [2.75, 3.05) is 11.4 Å². The van der Waals surface area contributed by atoms with E-state index in [1.807, 2.05) is 24.3 Å². The summed E-state index contributed by atoms with van der Waals surface area (Å²) in [6.45, 7) is 0.787. The quantitative estimate of drug-likeness (QED) is 0.809. The molecule has 19 heavy (non-hydrogen) atoms. The van der Waals surface area contributed by atoms with Crippen LogP contribution in [0.5, 0.6) is 0 Å². The van der Waals surface area contributed by atoms with Crippen LogP contribution >= 0.6 is 11.6 Å². The summed E-state index contributed by atoms with van der Waals surface area (Å²) in [6.07, 6.45) is 1.55. The normalized spacial score (nSPS) is 15.2. The Morgan fingerprint density at radius 2 is 2.11 bits per heavy atom. The monoisotopic (exact) mass is 277 g/mol. The highest BCUT2D eigenvalue weighted by atomic mass is 35.5. The molecule has 2 aromatic rings. The Morgan fingerprint density at radius 3 is 2.68 bits per heavy atom. The fourth-order valence-corrected chi connectivity index (χ4v) is 2.24. The van der Waals surface area contributed by atoms with E-state index in [-0.39, 0.29) is 11.8 Å². The first-order chi connectivity index (χ1) is 9.28. The van der Waals surface area contributed by atoms with Gasteiger partial charge < -0.3 is 9.42 Å². The molecule has 98 valence electrons. The molecule has 1 aromatic carbocycles. The van der Waals surface area contributed by atoms with Gasteiger partial charge in [0.1, 0.15) is 0 Å². The number of benzene rings is 1. The number of hydrogen-bond acceptors (Lipinski definition) is 4. The van der Waals surface area contributed by atoms with Gasteiger partial charge in [0.15, 0.2) is 5.82 Å². The molecule has 0 atom stereocenters. The van der Waals surface area contributed by atoms with Gasteiger partial charge in [0.2, 0.25) is 5.91 Å². The van der Waals surface area contributed by atoms with Gasteiger partial charge in [-0.1, -0.05) is 5.16 Å². The second-order valence-electron chi connectivity index (χ2n) is 4.35. The summed E-state index contributed by atoms with van der Waals surface area (Å²) in [4.78, 5) is 17.6. The first-order valence-corrected chi connectivity index (χ1v) is 6.61. The third-order valence-electron chi connectivity index (χ3n) is 3.09. The van der Waals surface area contributed by atoms with E-state index in [0.29, 0.717) is 18.1 Å². The van der Waals surface area contributed by atoms with Gasteiger partial charge in [-0.05, 0) is 30.7 Å². The Morgan fingerprint density at radius 1 is 1.32 bits per heavy atom. The van der Waals surface area contributed by atoms with Crippen molar-refractivity contribution in [2.24, 2.45) is 0 Å². The van der Waals surface area contributed by atoms with E-state index in [2.05, 4.69) is 10.1 Å². The summed E-state index contributed by atoms with van der Waals surface area (Å²) in [5.74, 6) is 1.31. The van der Waals surface area contributed by atoms with Crippen molar-refractivity contribution in [1.29, 1.82) is 0 Å². The van der Waals surface area contributed by atoms with Crippen LogP contribution < -0.4 is 4.90 Å². The Hall–Kier alpha value is -1.88. The smallest absolute Gasteiger partial charge is 0.257 e. The Bertz CT molecular complexity index is 594. The predicted octanol–water partition coefficient (Wildman–Crippen LogP) is 2.60. The maximum atomic E-state index is 11.6. The molecule has 5 nitrogen and oxygen atoms in total. The number of aromatic nitrogens is 2. The lowest BCUT2D eigenvalue weighted by atomic mass is 10.2. The minimum atomic E-state index is 0.176. The first-order valence-electron chi connectivity index (χ1n) is 6.07. The molecule has 0 saturated carbocycles. The van der Waals surface area contributed by atoms with Crippen LogP contribution in [0.25, 0.3) is 11.5 Å². The van der Waals surface area contributed by atoms with Crippen molar-refractivity contribution < 1.29 is 9.32 Å². The van der Waals surface area contributed by atoms with Crippen LogP contribution in [0.4, 0.5) is 5.69 Å². The van der Waals surface area contributed by atoms with Crippen molar-refractivity contribution in [3.05, 3.63) is 30.1 Å². The van der Waals surface area contributed by atoms with Gasteiger partial charge in [0, 0.05) is 24.2 Å². The van der Waals surface area contributed by atoms with E-state index in [9.17, 15) is 4.79 Å². The van der Waals surface area contributed by atoms with Crippen LogP contribution in [-0.2, 0) is 10.7 Å². The molecule has 1 amide bonds. The van der Waals surface area contributed by atoms with Gasteiger partial charge in [-0.3, -0.25) is 4.79 Å². The van der Waals surface area contributed by atoms with Crippen LogP contribution in [-0.4, -0.2) is 22.6 Å². The lowest BCUT2D eigenvalue weighted by molar-refractivity contribution is -0.117. The van der Waals surface area contributed by atoms with E-state index >= 15 is 0 Å². The van der Waals surface area contributed by atoms with Crippen LogP contribution in [0.3, 0.4) is 0 Å². The first kappa shape index (κ1) is 12.2. The minimum absolute atomic E-state index is 0.176. The molecule has 6 heteroatoms. The second kappa shape index (κ2) is 5.01. The zero-order valence-corrected chi connectivity index (χ0v) is 10.9. The predicted molar refractivity (Wildman–Crippen MR) is 70.9 cm³/mol. The van der Waals surface area contributed by atoms with Crippen LogP contribution in [0.15, 0.2) is 28.8 Å². The molecule has 1 saturated heterocycles. The molecule has 1 aromatic heterocycles. The average molecular weight is 278 g/mol. The van der Waals surface area contributed by atoms with Crippen LogP contribution in [0.1, 0.15) is 18.7 Å². The summed E-state index contributed by atoms with van der Waals surface area (Å²) < 4.78 is 5.10. The summed E-state index contributed by atoms with van der Waals surface area (Å²) in [5, 5.41) is 3.74. The number of amides is 1. The van der Waals surface area contributed by atoms with Gasteiger partial charge in [0.05, 0.1) is 5.88 Å². The number of hydrogen-bond donors (Lipinski definition) is 0.